The minimum atomic E-state index is -0.292. The predicted octanol–water partition coefficient (Wildman–Crippen LogP) is 2.99. The van der Waals surface area contributed by atoms with Crippen LogP contribution in [0.2, 0.25) is 5.28 Å². The maximum Gasteiger partial charge on any atom is 0.222 e. The summed E-state index contributed by atoms with van der Waals surface area (Å²) in [5.74, 6) is 0.411. The molecule has 2 aromatic heterocycles. The van der Waals surface area contributed by atoms with Gasteiger partial charge in [-0.2, -0.15) is 0 Å². The minimum Gasteiger partial charge on any atom is -0.388 e. The van der Waals surface area contributed by atoms with E-state index in [0.717, 1.165) is 6.29 Å². The maximum atomic E-state index is 11.0. The van der Waals surface area contributed by atoms with Gasteiger partial charge < -0.3 is 14.1 Å². The van der Waals surface area contributed by atoms with Gasteiger partial charge in [0.05, 0.1) is 5.92 Å². The number of rotatable bonds is 4. The molecule has 0 radical (unpaired) electrons. The Morgan fingerprint density at radius 3 is 2.33 bits per heavy atom. The van der Waals surface area contributed by atoms with Crippen LogP contribution < -0.4 is 0 Å². The van der Waals surface area contributed by atoms with Crippen LogP contribution >= 0.6 is 11.6 Å². The van der Waals surface area contributed by atoms with Gasteiger partial charge in [-0.15, -0.1) is 0 Å². The average molecular weight is 312 g/mol. The number of nitrogens with zero attached hydrogens (tertiary/aromatic N) is 3. The first kappa shape index (κ1) is 17.3. The molecule has 1 atom stereocenters. The second kappa shape index (κ2) is 8.49. The van der Waals surface area contributed by atoms with Crippen molar-refractivity contribution in [2.45, 2.75) is 19.8 Å². The van der Waals surface area contributed by atoms with Crippen LogP contribution in [0.5, 0.6) is 0 Å². The Morgan fingerprint density at radius 2 is 1.86 bits per heavy atom. The Balaban J connectivity index is 0.000000677. The van der Waals surface area contributed by atoms with Crippen LogP contribution in [-0.2, 0) is 9.53 Å². The van der Waals surface area contributed by atoms with Gasteiger partial charge in [0.1, 0.15) is 17.7 Å². The van der Waals surface area contributed by atoms with E-state index in [1.54, 1.807) is 32.7 Å². The third-order valence-electron chi connectivity index (χ3n) is 2.64. The molecular formula is C14H18ClN3O3. The molecule has 0 fully saturated rings. The summed E-state index contributed by atoms with van der Waals surface area (Å²) in [6.45, 7) is 3.90. The van der Waals surface area contributed by atoms with E-state index in [2.05, 4.69) is 19.9 Å². The lowest BCUT2D eigenvalue weighted by Crippen LogP contribution is -2.06. The van der Waals surface area contributed by atoms with E-state index >= 15 is 0 Å². The number of carbonyl (C=O) groups excluding carboxylic acids is 1. The molecule has 0 amide bonds. The Bertz CT molecular complexity index is 555. The first-order valence-corrected chi connectivity index (χ1v) is 6.71. The number of aldehydes is 1. The molecule has 0 aromatic carbocycles. The lowest BCUT2D eigenvalue weighted by Gasteiger charge is -2.08. The second-order valence-electron chi connectivity index (χ2n) is 4.67. The number of hydrogen-bond donors (Lipinski definition) is 0. The fourth-order valence-electron chi connectivity index (χ4n) is 1.58. The van der Waals surface area contributed by atoms with Gasteiger partial charge in [-0.05, 0) is 17.5 Å². The van der Waals surface area contributed by atoms with Crippen molar-refractivity contribution in [2.75, 3.05) is 14.2 Å². The highest BCUT2D eigenvalue weighted by molar-refractivity contribution is 6.28. The molecule has 0 aliphatic rings. The smallest absolute Gasteiger partial charge is 0.222 e. The van der Waals surface area contributed by atoms with Gasteiger partial charge >= 0.3 is 0 Å². The SMILES string of the molecule is CC(C)C(C=O)c1cc(-c2cnc(Cl)nc2)no1.COC. The lowest BCUT2D eigenvalue weighted by molar-refractivity contribution is -0.110. The largest absolute Gasteiger partial charge is 0.388 e. The van der Waals surface area contributed by atoms with E-state index in [9.17, 15) is 4.79 Å². The number of carbonyl (C=O) groups is 1. The molecule has 114 valence electrons. The summed E-state index contributed by atoms with van der Waals surface area (Å²) >= 11 is 5.61. The molecule has 2 aromatic rings. The predicted molar refractivity (Wildman–Crippen MR) is 79.1 cm³/mol. The van der Waals surface area contributed by atoms with Gasteiger partial charge in [-0.25, -0.2) is 9.97 Å². The van der Waals surface area contributed by atoms with Gasteiger partial charge in [0.25, 0.3) is 0 Å². The van der Waals surface area contributed by atoms with Crippen LogP contribution in [-0.4, -0.2) is 35.6 Å². The zero-order valence-corrected chi connectivity index (χ0v) is 13.2. The highest BCUT2D eigenvalue weighted by Crippen LogP contribution is 2.26. The molecule has 1 unspecified atom stereocenters. The number of halogens is 1. The summed E-state index contributed by atoms with van der Waals surface area (Å²) in [5, 5.41) is 4.09. The monoisotopic (exact) mass is 311 g/mol. The summed E-state index contributed by atoms with van der Waals surface area (Å²) < 4.78 is 9.44. The van der Waals surface area contributed by atoms with Crippen molar-refractivity contribution in [1.29, 1.82) is 0 Å². The summed E-state index contributed by atoms with van der Waals surface area (Å²) in [6.07, 6.45) is 3.98. The summed E-state index contributed by atoms with van der Waals surface area (Å²) in [6, 6.07) is 1.73. The molecule has 0 saturated carbocycles. The van der Waals surface area contributed by atoms with E-state index in [-0.39, 0.29) is 17.1 Å². The summed E-state index contributed by atoms with van der Waals surface area (Å²) in [7, 11) is 3.25. The normalized spacial score (nSPS) is 11.7. The molecule has 0 aliphatic heterocycles. The van der Waals surface area contributed by atoms with Crippen molar-refractivity contribution in [3.8, 4) is 11.3 Å². The first-order valence-electron chi connectivity index (χ1n) is 6.33. The molecule has 6 nitrogen and oxygen atoms in total. The third-order valence-corrected chi connectivity index (χ3v) is 2.83. The van der Waals surface area contributed by atoms with Gasteiger partial charge in [-0.3, -0.25) is 0 Å². The molecule has 7 heteroatoms. The highest BCUT2D eigenvalue weighted by atomic mass is 35.5. The fourth-order valence-corrected chi connectivity index (χ4v) is 1.68. The fraction of sp³-hybridized carbons (Fsp3) is 0.429. The Kier molecular flexibility index (Phi) is 6.98. The summed E-state index contributed by atoms with van der Waals surface area (Å²) in [4.78, 5) is 18.7. The topological polar surface area (TPSA) is 78.1 Å². The van der Waals surface area contributed by atoms with Crippen molar-refractivity contribution < 1.29 is 14.1 Å². The minimum absolute atomic E-state index is 0.157. The molecular weight excluding hydrogens is 294 g/mol. The second-order valence-corrected chi connectivity index (χ2v) is 5.01. The first-order chi connectivity index (χ1) is 10.0. The van der Waals surface area contributed by atoms with Crippen LogP contribution in [0.25, 0.3) is 11.3 Å². The van der Waals surface area contributed by atoms with E-state index in [1.807, 2.05) is 13.8 Å². The molecule has 0 saturated heterocycles. The van der Waals surface area contributed by atoms with Gasteiger partial charge in [0.15, 0.2) is 0 Å². The molecule has 0 bridgehead atoms. The molecule has 21 heavy (non-hydrogen) atoms. The molecule has 0 aliphatic carbocycles. The molecule has 0 spiro atoms. The summed E-state index contributed by atoms with van der Waals surface area (Å²) in [5.41, 5.74) is 1.29. The molecule has 0 N–H and O–H groups in total. The number of methoxy groups -OCH3 is 1. The standard InChI is InChI=1S/C12H12ClN3O2.C2H6O/c1-7(2)9(6-17)11-3-10(16-18-11)8-4-14-12(13)15-5-8;1-3-2/h3-7,9H,1-2H3;1-2H3. The van der Waals surface area contributed by atoms with E-state index in [0.29, 0.717) is 17.0 Å². The van der Waals surface area contributed by atoms with Crippen molar-refractivity contribution in [3.63, 3.8) is 0 Å². The van der Waals surface area contributed by atoms with Crippen LogP contribution in [0.4, 0.5) is 0 Å². The zero-order chi connectivity index (χ0) is 15.8. The Hall–Kier alpha value is -1.79. The Morgan fingerprint density at radius 1 is 1.29 bits per heavy atom. The van der Waals surface area contributed by atoms with Crippen molar-refractivity contribution in [1.82, 2.24) is 15.1 Å². The maximum absolute atomic E-state index is 11.0. The Labute approximate surface area is 128 Å². The van der Waals surface area contributed by atoms with Crippen LogP contribution in [0, 0.1) is 5.92 Å². The number of hydrogen-bond acceptors (Lipinski definition) is 6. The van der Waals surface area contributed by atoms with Gasteiger partial charge in [0, 0.05) is 38.2 Å². The quantitative estimate of drug-likeness (QED) is 0.638. The highest BCUT2D eigenvalue weighted by Gasteiger charge is 2.20. The van der Waals surface area contributed by atoms with Gasteiger partial charge in [0.2, 0.25) is 5.28 Å². The van der Waals surface area contributed by atoms with Gasteiger partial charge in [-0.1, -0.05) is 19.0 Å². The van der Waals surface area contributed by atoms with Crippen LogP contribution in [0.3, 0.4) is 0 Å². The molecule has 2 heterocycles. The number of ether oxygens (including phenoxy) is 1. The average Bonchev–Trinajstić information content (AvgIpc) is 2.90. The van der Waals surface area contributed by atoms with E-state index in [1.165, 1.54) is 0 Å². The zero-order valence-electron chi connectivity index (χ0n) is 12.4. The third kappa shape index (κ3) is 4.91. The van der Waals surface area contributed by atoms with Crippen molar-refractivity contribution in [2.24, 2.45) is 5.92 Å². The number of aromatic nitrogens is 3. The van der Waals surface area contributed by atoms with E-state index < -0.39 is 0 Å². The van der Waals surface area contributed by atoms with E-state index in [4.69, 9.17) is 16.1 Å². The van der Waals surface area contributed by atoms with Crippen LogP contribution in [0.15, 0.2) is 23.0 Å². The molecule has 2 rings (SSSR count). The lowest BCUT2D eigenvalue weighted by atomic mass is 9.94. The van der Waals surface area contributed by atoms with Crippen molar-refractivity contribution >= 4 is 17.9 Å². The van der Waals surface area contributed by atoms with Crippen molar-refractivity contribution in [3.05, 3.63) is 29.5 Å². The van der Waals surface area contributed by atoms with Crippen LogP contribution in [0.1, 0.15) is 25.5 Å².